The van der Waals surface area contributed by atoms with Gasteiger partial charge in [-0.25, -0.2) is 0 Å². The van der Waals surface area contributed by atoms with Crippen molar-refractivity contribution >= 4 is 0 Å². The van der Waals surface area contributed by atoms with E-state index >= 15 is 0 Å². The maximum Gasteiger partial charge on any atom is 0.0446 e. The van der Waals surface area contributed by atoms with Crippen LogP contribution in [0, 0.1) is 0 Å². The van der Waals surface area contributed by atoms with Crippen molar-refractivity contribution in [3.05, 3.63) is 35.9 Å². The third-order valence-corrected chi connectivity index (χ3v) is 2.80. The SMILES string of the molecule is CCNC(CCO)CN(C)Cc1ccccc1. The second-order valence-corrected chi connectivity index (χ2v) is 4.45. The first kappa shape index (κ1) is 14.2. The van der Waals surface area contributed by atoms with E-state index in [0.717, 1.165) is 26.1 Å². The Kier molecular flexibility index (Phi) is 6.86. The molecular formula is C14H24N2O. The number of rotatable bonds is 8. The zero-order valence-corrected chi connectivity index (χ0v) is 10.9. The summed E-state index contributed by atoms with van der Waals surface area (Å²) in [5, 5.41) is 12.4. The number of nitrogens with one attached hydrogen (secondary N) is 1. The van der Waals surface area contributed by atoms with Gasteiger partial charge in [-0.2, -0.15) is 0 Å². The van der Waals surface area contributed by atoms with Crippen molar-refractivity contribution in [1.29, 1.82) is 0 Å². The molecule has 0 aliphatic rings. The van der Waals surface area contributed by atoms with E-state index in [-0.39, 0.29) is 6.61 Å². The summed E-state index contributed by atoms with van der Waals surface area (Å²) in [5.41, 5.74) is 1.33. The maximum absolute atomic E-state index is 9.01. The molecule has 17 heavy (non-hydrogen) atoms. The Labute approximate surface area is 104 Å². The zero-order chi connectivity index (χ0) is 12.5. The molecule has 1 rings (SSSR count). The molecule has 0 spiro atoms. The summed E-state index contributed by atoms with van der Waals surface area (Å²) >= 11 is 0. The van der Waals surface area contributed by atoms with Crippen LogP contribution in [0.25, 0.3) is 0 Å². The Morgan fingerprint density at radius 2 is 2.00 bits per heavy atom. The minimum absolute atomic E-state index is 0.247. The molecule has 0 aliphatic carbocycles. The van der Waals surface area contributed by atoms with Crippen LogP contribution in [0.1, 0.15) is 18.9 Å². The quantitative estimate of drug-likeness (QED) is 0.717. The second-order valence-electron chi connectivity index (χ2n) is 4.45. The molecule has 3 nitrogen and oxygen atoms in total. The fourth-order valence-electron chi connectivity index (χ4n) is 2.04. The molecule has 1 aromatic rings. The first-order valence-corrected chi connectivity index (χ1v) is 6.33. The lowest BCUT2D eigenvalue weighted by molar-refractivity contribution is 0.227. The predicted molar refractivity (Wildman–Crippen MR) is 71.9 cm³/mol. The molecule has 0 heterocycles. The van der Waals surface area contributed by atoms with Gasteiger partial charge in [-0.05, 0) is 25.6 Å². The van der Waals surface area contributed by atoms with E-state index in [4.69, 9.17) is 5.11 Å². The summed E-state index contributed by atoms with van der Waals surface area (Å²) < 4.78 is 0. The summed E-state index contributed by atoms with van der Waals surface area (Å²) in [4.78, 5) is 2.29. The summed E-state index contributed by atoms with van der Waals surface area (Å²) in [6.45, 7) is 5.21. The topological polar surface area (TPSA) is 35.5 Å². The van der Waals surface area contributed by atoms with Crippen LogP contribution in [0.2, 0.25) is 0 Å². The van der Waals surface area contributed by atoms with Gasteiger partial charge in [-0.15, -0.1) is 0 Å². The Morgan fingerprint density at radius 3 is 2.59 bits per heavy atom. The highest BCUT2D eigenvalue weighted by Crippen LogP contribution is 2.04. The fraction of sp³-hybridized carbons (Fsp3) is 0.571. The standard InChI is InChI=1S/C14H24N2O/c1-3-15-14(9-10-17)12-16(2)11-13-7-5-4-6-8-13/h4-8,14-15,17H,3,9-12H2,1-2H3. The molecule has 1 aromatic carbocycles. The zero-order valence-electron chi connectivity index (χ0n) is 10.9. The number of aliphatic hydroxyl groups excluding tert-OH is 1. The number of aliphatic hydroxyl groups is 1. The lowest BCUT2D eigenvalue weighted by Crippen LogP contribution is -2.39. The third kappa shape index (κ3) is 5.82. The van der Waals surface area contributed by atoms with Gasteiger partial charge in [0.15, 0.2) is 0 Å². The molecule has 0 bridgehead atoms. The molecule has 0 aliphatic heterocycles. The van der Waals surface area contributed by atoms with E-state index in [2.05, 4.69) is 48.5 Å². The van der Waals surface area contributed by atoms with Gasteiger partial charge in [0.1, 0.15) is 0 Å². The highest BCUT2D eigenvalue weighted by Gasteiger charge is 2.09. The van der Waals surface area contributed by atoms with Crippen LogP contribution in [0.4, 0.5) is 0 Å². The van der Waals surface area contributed by atoms with Gasteiger partial charge in [0.05, 0.1) is 0 Å². The number of nitrogens with zero attached hydrogens (tertiary/aromatic N) is 1. The average Bonchev–Trinajstić information content (AvgIpc) is 2.30. The van der Waals surface area contributed by atoms with Crippen molar-refractivity contribution in [3.8, 4) is 0 Å². The number of hydrogen-bond donors (Lipinski definition) is 2. The van der Waals surface area contributed by atoms with Crippen LogP contribution in [0.15, 0.2) is 30.3 Å². The van der Waals surface area contributed by atoms with E-state index in [9.17, 15) is 0 Å². The van der Waals surface area contributed by atoms with Crippen LogP contribution in [0.3, 0.4) is 0 Å². The molecule has 3 heteroatoms. The van der Waals surface area contributed by atoms with Crippen LogP contribution in [-0.2, 0) is 6.54 Å². The predicted octanol–water partition coefficient (Wildman–Crippen LogP) is 1.48. The van der Waals surface area contributed by atoms with Crippen molar-refractivity contribution < 1.29 is 5.11 Å². The van der Waals surface area contributed by atoms with Gasteiger partial charge in [0.25, 0.3) is 0 Å². The molecule has 0 saturated heterocycles. The van der Waals surface area contributed by atoms with Gasteiger partial charge < -0.3 is 15.3 Å². The monoisotopic (exact) mass is 236 g/mol. The van der Waals surface area contributed by atoms with Crippen molar-refractivity contribution in [3.63, 3.8) is 0 Å². The normalized spacial score (nSPS) is 12.9. The van der Waals surface area contributed by atoms with Crippen LogP contribution in [-0.4, -0.2) is 42.8 Å². The van der Waals surface area contributed by atoms with Crippen molar-refractivity contribution in [2.45, 2.75) is 25.9 Å². The van der Waals surface area contributed by atoms with E-state index in [0.29, 0.717) is 6.04 Å². The van der Waals surface area contributed by atoms with Gasteiger partial charge in [-0.3, -0.25) is 0 Å². The fourth-order valence-corrected chi connectivity index (χ4v) is 2.04. The van der Waals surface area contributed by atoms with Crippen LogP contribution >= 0.6 is 0 Å². The Balaban J connectivity index is 2.38. The molecule has 0 aromatic heterocycles. The molecule has 96 valence electrons. The first-order chi connectivity index (χ1) is 8.26. The van der Waals surface area contributed by atoms with E-state index < -0.39 is 0 Å². The first-order valence-electron chi connectivity index (χ1n) is 6.33. The number of hydrogen-bond acceptors (Lipinski definition) is 3. The van der Waals surface area contributed by atoms with Crippen molar-refractivity contribution in [2.24, 2.45) is 0 Å². The number of likely N-dealkylation sites (N-methyl/N-ethyl adjacent to an activating group) is 2. The highest BCUT2D eigenvalue weighted by molar-refractivity contribution is 5.14. The molecular weight excluding hydrogens is 212 g/mol. The average molecular weight is 236 g/mol. The lowest BCUT2D eigenvalue weighted by Gasteiger charge is -2.24. The largest absolute Gasteiger partial charge is 0.396 e. The Hall–Kier alpha value is -0.900. The van der Waals surface area contributed by atoms with Crippen molar-refractivity contribution in [1.82, 2.24) is 10.2 Å². The minimum atomic E-state index is 0.247. The molecule has 0 saturated carbocycles. The van der Waals surface area contributed by atoms with Gasteiger partial charge in [0, 0.05) is 25.7 Å². The minimum Gasteiger partial charge on any atom is -0.396 e. The van der Waals surface area contributed by atoms with Crippen molar-refractivity contribution in [2.75, 3.05) is 26.7 Å². The van der Waals surface area contributed by atoms with Crippen LogP contribution < -0.4 is 5.32 Å². The molecule has 0 fully saturated rings. The van der Waals surface area contributed by atoms with Gasteiger partial charge >= 0.3 is 0 Å². The molecule has 0 radical (unpaired) electrons. The summed E-state index contributed by atoms with van der Waals surface area (Å²) in [6, 6.07) is 10.8. The Morgan fingerprint density at radius 1 is 1.29 bits per heavy atom. The molecule has 1 unspecified atom stereocenters. The van der Waals surface area contributed by atoms with Gasteiger partial charge in [-0.1, -0.05) is 37.3 Å². The summed E-state index contributed by atoms with van der Waals surface area (Å²) in [7, 11) is 2.12. The molecule has 2 N–H and O–H groups in total. The third-order valence-electron chi connectivity index (χ3n) is 2.80. The van der Waals surface area contributed by atoms with E-state index in [1.165, 1.54) is 5.56 Å². The summed E-state index contributed by atoms with van der Waals surface area (Å²) in [5.74, 6) is 0. The number of benzene rings is 1. The van der Waals surface area contributed by atoms with Gasteiger partial charge in [0.2, 0.25) is 0 Å². The summed E-state index contributed by atoms with van der Waals surface area (Å²) in [6.07, 6.45) is 0.812. The lowest BCUT2D eigenvalue weighted by atomic mass is 10.1. The van der Waals surface area contributed by atoms with Crippen LogP contribution in [0.5, 0.6) is 0 Å². The maximum atomic E-state index is 9.01. The highest BCUT2D eigenvalue weighted by atomic mass is 16.3. The molecule has 0 amide bonds. The smallest absolute Gasteiger partial charge is 0.0446 e. The van der Waals surface area contributed by atoms with E-state index in [1.807, 2.05) is 6.07 Å². The molecule has 1 atom stereocenters. The second kappa shape index (κ2) is 8.23. The Bertz CT molecular complexity index is 284. The van der Waals surface area contributed by atoms with E-state index in [1.54, 1.807) is 0 Å².